The highest BCUT2D eigenvalue weighted by Gasteiger charge is 2.25. The quantitative estimate of drug-likeness (QED) is 0.696. The van der Waals surface area contributed by atoms with Crippen molar-refractivity contribution in [3.63, 3.8) is 0 Å². The van der Waals surface area contributed by atoms with Crippen molar-refractivity contribution in [3.05, 3.63) is 0 Å². The van der Waals surface area contributed by atoms with Crippen LogP contribution in [-0.4, -0.2) is 62.7 Å². The summed E-state index contributed by atoms with van der Waals surface area (Å²) in [5.41, 5.74) is 0. The standard InChI is InChI=1S/C13H23N3O3/c1-19-9-13(18)16-4-2-11(3-5-16)15-12(17)6-10-7-14-8-10/h10-11,14H,2-9H2,1H3,(H,15,17). The van der Waals surface area contributed by atoms with Gasteiger partial charge in [-0.1, -0.05) is 0 Å². The maximum atomic E-state index is 11.8. The van der Waals surface area contributed by atoms with Crippen LogP contribution in [0.1, 0.15) is 19.3 Å². The predicted molar refractivity (Wildman–Crippen MR) is 70.6 cm³/mol. The first-order valence-electron chi connectivity index (χ1n) is 6.96. The lowest BCUT2D eigenvalue weighted by Gasteiger charge is -2.33. The van der Waals surface area contributed by atoms with Crippen molar-refractivity contribution >= 4 is 11.8 Å². The molecule has 2 aliphatic rings. The van der Waals surface area contributed by atoms with Gasteiger partial charge in [0.05, 0.1) is 0 Å². The largest absolute Gasteiger partial charge is 0.375 e. The number of amides is 2. The summed E-state index contributed by atoms with van der Waals surface area (Å²) in [5, 5.41) is 6.24. The van der Waals surface area contributed by atoms with Gasteiger partial charge in [0, 0.05) is 32.7 Å². The van der Waals surface area contributed by atoms with Crippen LogP contribution in [-0.2, 0) is 14.3 Å². The van der Waals surface area contributed by atoms with Crippen LogP contribution in [0.2, 0.25) is 0 Å². The van der Waals surface area contributed by atoms with Crippen molar-refractivity contribution in [2.75, 3.05) is 39.9 Å². The van der Waals surface area contributed by atoms with Gasteiger partial charge < -0.3 is 20.3 Å². The zero-order valence-corrected chi connectivity index (χ0v) is 11.5. The Morgan fingerprint density at radius 3 is 2.53 bits per heavy atom. The molecule has 2 amide bonds. The Bertz CT molecular complexity index is 323. The number of piperidine rings is 1. The summed E-state index contributed by atoms with van der Waals surface area (Å²) in [5.74, 6) is 0.685. The monoisotopic (exact) mass is 269 g/mol. The Labute approximate surface area is 113 Å². The zero-order valence-electron chi connectivity index (χ0n) is 11.5. The van der Waals surface area contributed by atoms with Crippen LogP contribution in [0.3, 0.4) is 0 Å². The summed E-state index contributed by atoms with van der Waals surface area (Å²) >= 11 is 0. The molecule has 19 heavy (non-hydrogen) atoms. The van der Waals surface area contributed by atoms with Gasteiger partial charge in [0.1, 0.15) is 6.61 Å². The molecule has 0 spiro atoms. The molecule has 6 heteroatoms. The number of nitrogens with one attached hydrogen (secondary N) is 2. The first-order valence-corrected chi connectivity index (χ1v) is 6.96. The average Bonchev–Trinajstić information content (AvgIpc) is 2.35. The van der Waals surface area contributed by atoms with E-state index in [0.29, 0.717) is 25.4 Å². The smallest absolute Gasteiger partial charge is 0.248 e. The molecule has 2 N–H and O–H groups in total. The molecular weight excluding hydrogens is 246 g/mol. The molecule has 0 unspecified atom stereocenters. The maximum absolute atomic E-state index is 11.8. The molecule has 2 fully saturated rings. The highest BCUT2D eigenvalue weighted by molar-refractivity contribution is 5.78. The molecule has 0 aromatic carbocycles. The number of hydrogen-bond donors (Lipinski definition) is 2. The molecule has 2 heterocycles. The van der Waals surface area contributed by atoms with E-state index in [1.807, 2.05) is 4.90 Å². The lowest BCUT2D eigenvalue weighted by Crippen LogP contribution is -2.49. The normalized spacial score (nSPS) is 21.0. The Kier molecular flexibility index (Phi) is 5.15. The molecule has 2 saturated heterocycles. The van der Waals surface area contributed by atoms with Gasteiger partial charge in [0.15, 0.2) is 0 Å². The second-order valence-corrected chi connectivity index (χ2v) is 5.38. The van der Waals surface area contributed by atoms with E-state index in [0.717, 1.165) is 25.9 Å². The molecule has 2 aliphatic heterocycles. The van der Waals surface area contributed by atoms with Crippen molar-refractivity contribution in [1.29, 1.82) is 0 Å². The minimum atomic E-state index is 0.0350. The molecule has 0 aromatic rings. The number of methoxy groups -OCH3 is 1. The van der Waals surface area contributed by atoms with Crippen molar-refractivity contribution < 1.29 is 14.3 Å². The fourth-order valence-electron chi connectivity index (χ4n) is 2.53. The fraction of sp³-hybridized carbons (Fsp3) is 0.846. The maximum Gasteiger partial charge on any atom is 0.248 e. The van der Waals surface area contributed by atoms with Crippen LogP contribution in [0.15, 0.2) is 0 Å². The summed E-state index contributed by atoms with van der Waals surface area (Å²) in [4.78, 5) is 25.2. The van der Waals surface area contributed by atoms with Crippen LogP contribution in [0, 0.1) is 5.92 Å². The minimum Gasteiger partial charge on any atom is -0.375 e. The number of hydrogen-bond acceptors (Lipinski definition) is 4. The van der Waals surface area contributed by atoms with Crippen LogP contribution in [0.4, 0.5) is 0 Å². The Morgan fingerprint density at radius 2 is 2.00 bits per heavy atom. The van der Waals surface area contributed by atoms with Crippen molar-refractivity contribution in [2.24, 2.45) is 5.92 Å². The highest BCUT2D eigenvalue weighted by Crippen LogP contribution is 2.12. The number of carbonyl (C=O) groups excluding carboxylic acids is 2. The third-order valence-electron chi connectivity index (χ3n) is 3.82. The van der Waals surface area contributed by atoms with Gasteiger partial charge in [-0.25, -0.2) is 0 Å². The number of nitrogens with zero attached hydrogens (tertiary/aromatic N) is 1. The van der Waals surface area contributed by atoms with Crippen molar-refractivity contribution in [3.8, 4) is 0 Å². The van der Waals surface area contributed by atoms with Crippen molar-refractivity contribution in [1.82, 2.24) is 15.5 Å². The minimum absolute atomic E-state index is 0.0350. The van der Waals surface area contributed by atoms with E-state index in [-0.39, 0.29) is 24.5 Å². The first kappa shape index (κ1) is 14.3. The molecule has 0 saturated carbocycles. The Hall–Kier alpha value is -1.14. The van der Waals surface area contributed by atoms with Crippen LogP contribution in [0.5, 0.6) is 0 Å². The third-order valence-corrected chi connectivity index (χ3v) is 3.82. The summed E-state index contributed by atoms with van der Waals surface area (Å²) in [7, 11) is 1.53. The lowest BCUT2D eigenvalue weighted by atomic mass is 9.98. The van der Waals surface area contributed by atoms with E-state index in [4.69, 9.17) is 4.74 Å². The molecule has 0 radical (unpaired) electrons. The van der Waals surface area contributed by atoms with E-state index in [1.165, 1.54) is 7.11 Å². The van der Waals surface area contributed by atoms with E-state index >= 15 is 0 Å². The van der Waals surface area contributed by atoms with E-state index in [1.54, 1.807) is 0 Å². The molecular formula is C13H23N3O3. The van der Waals surface area contributed by atoms with E-state index in [9.17, 15) is 9.59 Å². The zero-order chi connectivity index (χ0) is 13.7. The average molecular weight is 269 g/mol. The van der Waals surface area contributed by atoms with E-state index < -0.39 is 0 Å². The number of rotatable bonds is 5. The van der Waals surface area contributed by atoms with Gasteiger partial charge in [-0.3, -0.25) is 9.59 Å². The summed E-state index contributed by atoms with van der Waals surface area (Å²) < 4.78 is 4.84. The topological polar surface area (TPSA) is 70.7 Å². The lowest BCUT2D eigenvalue weighted by molar-refractivity contribution is -0.136. The Balaban J connectivity index is 1.65. The van der Waals surface area contributed by atoms with Gasteiger partial charge in [0.25, 0.3) is 0 Å². The molecule has 0 aliphatic carbocycles. The van der Waals surface area contributed by atoms with Gasteiger partial charge in [-0.05, 0) is 31.8 Å². The van der Waals surface area contributed by atoms with Crippen LogP contribution < -0.4 is 10.6 Å². The first-order chi connectivity index (χ1) is 9.19. The number of carbonyl (C=O) groups is 2. The summed E-state index contributed by atoms with van der Waals surface area (Å²) in [6, 6.07) is 0.215. The predicted octanol–water partition coefficient (Wildman–Crippen LogP) is -0.650. The summed E-state index contributed by atoms with van der Waals surface area (Å²) in [6.45, 7) is 3.47. The second kappa shape index (κ2) is 6.86. The highest BCUT2D eigenvalue weighted by atomic mass is 16.5. The molecule has 108 valence electrons. The number of likely N-dealkylation sites (tertiary alicyclic amines) is 1. The van der Waals surface area contributed by atoms with Crippen molar-refractivity contribution in [2.45, 2.75) is 25.3 Å². The van der Waals surface area contributed by atoms with Crippen LogP contribution in [0.25, 0.3) is 0 Å². The van der Waals surface area contributed by atoms with Gasteiger partial charge in [0.2, 0.25) is 11.8 Å². The second-order valence-electron chi connectivity index (χ2n) is 5.38. The Morgan fingerprint density at radius 1 is 1.32 bits per heavy atom. The third kappa shape index (κ3) is 4.18. The van der Waals surface area contributed by atoms with E-state index in [2.05, 4.69) is 10.6 Å². The number of ether oxygens (including phenoxy) is 1. The SMILES string of the molecule is COCC(=O)N1CCC(NC(=O)CC2CNC2)CC1. The summed E-state index contributed by atoms with van der Waals surface area (Å²) in [6.07, 6.45) is 2.30. The molecule has 0 aromatic heterocycles. The molecule has 0 atom stereocenters. The van der Waals surface area contributed by atoms with Gasteiger partial charge in [-0.2, -0.15) is 0 Å². The van der Waals surface area contributed by atoms with Gasteiger partial charge in [-0.15, -0.1) is 0 Å². The fourth-order valence-corrected chi connectivity index (χ4v) is 2.53. The van der Waals surface area contributed by atoms with Gasteiger partial charge >= 0.3 is 0 Å². The molecule has 6 nitrogen and oxygen atoms in total. The van der Waals surface area contributed by atoms with Crippen LogP contribution >= 0.6 is 0 Å². The molecule has 0 bridgehead atoms. The molecule has 2 rings (SSSR count).